The van der Waals surface area contributed by atoms with Crippen LogP contribution in [0.1, 0.15) is 12.0 Å². The Morgan fingerprint density at radius 3 is 2.64 bits per heavy atom. The highest BCUT2D eigenvalue weighted by Crippen LogP contribution is 2.34. The van der Waals surface area contributed by atoms with E-state index in [2.05, 4.69) is 64.6 Å². The van der Waals surface area contributed by atoms with Crippen LogP contribution in [-0.2, 0) is 6.42 Å². The number of rotatable bonds is 6. The molecule has 0 aromatic heterocycles. The molecule has 1 N–H and O–H groups in total. The number of benzene rings is 2. The average Bonchev–Trinajstić information content (AvgIpc) is 3.13. The molecule has 0 amide bonds. The molecular formula is C23H31N3O2. The van der Waals surface area contributed by atoms with E-state index >= 15 is 0 Å². The molecule has 2 aromatic carbocycles. The quantitative estimate of drug-likeness (QED) is 0.833. The van der Waals surface area contributed by atoms with Crippen LogP contribution in [-0.4, -0.2) is 63.9 Å². The highest BCUT2D eigenvalue weighted by molar-refractivity contribution is 5.57. The molecule has 150 valence electrons. The molecule has 2 saturated heterocycles. The lowest BCUT2D eigenvalue weighted by atomic mass is 10.0. The third kappa shape index (κ3) is 4.59. The maximum atomic E-state index is 6.31. The van der Waals surface area contributed by atoms with Crippen LogP contribution in [0, 0.1) is 0 Å². The van der Waals surface area contributed by atoms with E-state index in [1.54, 1.807) is 7.11 Å². The number of nitrogens with one attached hydrogen (secondary N) is 1. The summed E-state index contributed by atoms with van der Waals surface area (Å²) in [5.74, 6) is 1.67. The molecule has 2 aliphatic heterocycles. The summed E-state index contributed by atoms with van der Waals surface area (Å²) >= 11 is 0. The molecule has 0 spiro atoms. The van der Waals surface area contributed by atoms with Gasteiger partial charge in [0.05, 0.1) is 7.11 Å². The zero-order chi connectivity index (χ0) is 19.3. The van der Waals surface area contributed by atoms with Crippen LogP contribution in [0.4, 0.5) is 5.69 Å². The Balaban J connectivity index is 1.46. The summed E-state index contributed by atoms with van der Waals surface area (Å²) in [6.07, 6.45) is 2.35. The molecule has 2 aliphatic rings. The van der Waals surface area contributed by atoms with Crippen molar-refractivity contribution in [3.63, 3.8) is 0 Å². The fourth-order valence-electron chi connectivity index (χ4n) is 4.22. The fourth-order valence-corrected chi connectivity index (χ4v) is 4.22. The van der Waals surface area contributed by atoms with E-state index in [0.717, 1.165) is 57.1 Å². The summed E-state index contributed by atoms with van der Waals surface area (Å²) in [4.78, 5) is 4.77. The zero-order valence-electron chi connectivity index (χ0n) is 16.9. The summed E-state index contributed by atoms with van der Waals surface area (Å²) in [6, 6.07) is 17.5. The van der Waals surface area contributed by atoms with Gasteiger partial charge in [-0.1, -0.05) is 30.3 Å². The highest BCUT2D eigenvalue weighted by Gasteiger charge is 2.24. The Morgan fingerprint density at radius 1 is 1.04 bits per heavy atom. The lowest BCUT2D eigenvalue weighted by Crippen LogP contribution is -2.51. The first-order chi connectivity index (χ1) is 13.7. The lowest BCUT2D eigenvalue weighted by Gasteiger charge is -2.35. The maximum absolute atomic E-state index is 6.31. The number of anilines is 1. The molecule has 0 radical (unpaired) electrons. The minimum atomic E-state index is 0.239. The first kappa shape index (κ1) is 19.1. The van der Waals surface area contributed by atoms with Gasteiger partial charge in [-0.3, -0.25) is 0 Å². The standard InChI is InChI=1S/C23H31N3O2/c1-25-12-10-21(17-25)28-23-15-20(8-9-22(23)27-2)26-13-11-24-19(16-26)14-18-6-4-3-5-7-18/h3-9,15,19,21,24H,10-14,16-17H2,1-2H3/t19-,21+/m0/s1. The summed E-state index contributed by atoms with van der Waals surface area (Å²) in [5.41, 5.74) is 2.59. The van der Waals surface area contributed by atoms with Gasteiger partial charge in [0.1, 0.15) is 6.10 Å². The smallest absolute Gasteiger partial charge is 0.163 e. The van der Waals surface area contributed by atoms with Gasteiger partial charge in [-0.25, -0.2) is 0 Å². The number of hydrogen-bond acceptors (Lipinski definition) is 5. The van der Waals surface area contributed by atoms with Crippen molar-refractivity contribution < 1.29 is 9.47 Å². The van der Waals surface area contributed by atoms with E-state index in [1.807, 2.05) is 6.07 Å². The number of likely N-dealkylation sites (N-methyl/N-ethyl adjacent to an activating group) is 1. The Hall–Kier alpha value is -2.24. The molecule has 5 nitrogen and oxygen atoms in total. The molecule has 0 unspecified atom stereocenters. The van der Waals surface area contributed by atoms with Crippen LogP contribution in [0.25, 0.3) is 0 Å². The monoisotopic (exact) mass is 381 g/mol. The predicted molar refractivity (Wildman–Crippen MR) is 114 cm³/mol. The molecule has 0 aliphatic carbocycles. The van der Waals surface area contributed by atoms with Crippen LogP contribution in [0.3, 0.4) is 0 Å². The van der Waals surface area contributed by atoms with Gasteiger partial charge in [0.2, 0.25) is 0 Å². The van der Waals surface area contributed by atoms with Crippen molar-refractivity contribution >= 4 is 5.69 Å². The number of hydrogen-bond donors (Lipinski definition) is 1. The summed E-state index contributed by atoms with van der Waals surface area (Å²) in [7, 11) is 3.86. The number of nitrogens with zero attached hydrogens (tertiary/aromatic N) is 2. The van der Waals surface area contributed by atoms with Gasteiger partial charge in [-0.2, -0.15) is 0 Å². The third-order valence-corrected chi connectivity index (χ3v) is 5.73. The minimum Gasteiger partial charge on any atom is -0.493 e. The summed E-state index contributed by atoms with van der Waals surface area (Å²) < 4.78 is 11.9. The van der Waals surface area contributed by atoms with Crippen molar-refractivity contribution in [2.24, 2.45) is 0 Å². The van der Waals surface area contributed by atoms with Crippen molar-refractivity contribution in [3.05, 3.63) is 54.1 Å². The van der Waals surface area contributed by atoms with E-state index < -0.39 is 0 Å². The Morgan fingerprint density at radius 2 is 1.89 bits per heavy atom. The normalized spacial score (nSPS) is 23.0. The van der Waals surface area contributed by atoms with Gasteiger partial charge >= 0.3 is 0 Å². The topological polar surface area (TPSA) is 37.0 Å². The zero-order valence-corrected chi connectivity index (χ0v) is 16.9. The highest BCUT2D eigenvalue weighted by atomic mass is 16.5. The molecule has 4 rings (SSSR count). The van der Waals surface area contributed by atoms with E-state index in [-0.39, 0.29) is 6.10 Å². The maximum Gasteiger partial charge on any atom is 0.163 e. The number of ether oxygens (including phenoxy) is 2. The van der Waals surface area contributed by atoms with Crippen LogP contribution < -0.4 is 19.7 Å². The number of likely N-dealkylation sites (tertiary alicyclic amines) is 1. The van der Waals surface area contributed by atoms with Crippen molar-refractivity contribution in [1.29, 1.82) is 0 Å². The minimum absolute atomic E-state index is 0.239. The van der Waals surface area contributed by atoms with Gasteiger partial charge in [-0.15, -0.1) is 0 Å². The van der Waals surface area contributed by atoms with E-state index in [4.69, 9.17) is 9.47 Å². The van der Waals surface area contributed by atoms with Crippen LogP contribution in [0.5, 0.6) is 11.5 Å². The Bertz CT molecular complexity index is 768. The third-order valence-electron chi connectivity index (χ3n) is 5.73. The second-order valence-electron chi connectivity index (χ2n) is 7.91. The summed E-state index contributed by atoms with van der Waals surface area (Å²) in [5, 5.41) is 3.66. The van der Waals surface area contributed by atoms with Crippen LogP contribution in [0.2, 0.25) is 0 Å². The predicted octanol–water partition coefficient (Wildman–Crippen LogP) is 2.80. The first-order valence-electron chi connectivity index (χ1n) is 10.3. The molecule has 2 aromatic rings. The SMILES string of the molecule is COc1ccc(N2CCN[C@@H](Cc3ccccc3)C2)cc1O[C@@H]1CCN(C)C1. The molecule has 0 saturated carbocycles. The number of methoxy groups -OCH3 is 1. The fraction of sp³-hybridized carbons (Fsp3) is 0.478. The van der Waals surface area contributed by atoms with Gasteiger partial charge < -0.3 is 24.6 Å². The Labute approximate surface area is 168 Å². The van der Waals surface area contributed by atoms with E-state index in [9.17, 15) is 0 Å². The average molecular weight is 382 g/mol. The van der Waals surface area contributed by atoms with Gasteiger partial charge in [0.15, 0.2) is 11.5 Å². The van der Waals surface area contributed by atoms with E-state index in [1.165, 1.54) is 11.3 Å². The second-order valence-corrected chi connectivity index (χ2v) is 7.91. The van der Waals surface area contributed by atoms with Crippen molar-refractivity contribution in [2.45, 2.75) is 25.0 Å². The second kappa shape index (κ2) is 8.84. The largest absolute Gasteiger partial charge is 0.493 e. The van der Waals surface area contributed by atoms with E-state index in [0.29, 0.717) is 6.04 Å². The Kier molecular flexibility index (Phi) is 6.03. The molecule has 5 heteroatoms. The summed E-state index contributed by atoms with van der Waals surface area (Å²) in [6.45, 7) is 5.05. The van der Waals surface area contributed by atoms with Crippen LogP contribution in [0.15, 0.2) is 48.5 Å². The van der Waals surface area contributed by atoms with Gasteiger partial charge in [0.25, 0.3) is 0 Å². The van der Waals surface area contributed by atoms with Crippen molar-refractivity contribution in [1.82, 2.24) is 10.2 Å². The van der Waals surface area contributed by atoms with Gasteiger partial charge in [0, 0.05) is 50.5 Å². The number of piperazine rings is 1. The molecule has 0 bridgehead atoms. The van der Waals surface area contributed by atoms with Crippen molar-refractivity contribution in [3.8, 4) is 11.5 Å². The first-order valence-corrected chi connectivity index (χ1v) is 10.3. The molecule has 2 heterocycles. The molecule has 2 fully saturated rings. The lowest BCUT2D eigenvalue weighted by molar-refractivity contribution is 0.199. The molecular weight excluding hydrogens is 350 g/mol. The molecule has 2 atom stereocenters. The molecule has 28 heavy (non-hydrogen) atoms. The van der Waals surface area contributed by atoms with Gasteiger partial charge in [-0.05, 0) is 37.6 Å². The van der Waals surface area contributed by atoms with Crippen LogP contribution >= 0.6 is 0 Å². The van der Waals surface area contributed by atoms with Crippen molar-refractivity contribution in [2.75, 3.05) is 51.8 Å².